The van der Waals surface area contributed by atoms with Gasteiger partial charge in [0.25, 0.3) is 16.8 Å². The zero-order valence-corrected chi connectivity index (χ0v) is 22.2. The van der Waals surface area contributed by atoms with Crippen molar-refractivity contribution in [2.45, 2.75) is 6.92 Å². The third-order valence-corrected chi connectivity index (χ3v) is 6.49. The molecule has 12 nitrogen and oxygen atoms in total. The van der Waals surface area contributed by atoms with E-state index in [0.29, 0.717) is 23.1 Å². The number of esters is 1. The van der Waals surface area contributed by atoms with Gasteiger partial charge < -0.3 is 14.8 Å². The summed E-state index contributed by atoms with van der Waals surface area (Å²) in [6.45, 7) is 1.26. The summed E-state index contributed by atoms with van der Waals surface area (Å²) in [5.74, 6) is -1.38. The Bertz CT molecular complexity index is 1530. The number of hydrogen-bond donors (Lipinski definition) is 1. The smallest absolute Gasteiger partial charge is 0.339 e. The molecule has 1 N–H and O–H groups in total. The van der Waals surface area contributed by atoms with Crippen LogP contribution in [-0.4, -0.2) is 51.0 Å². The zero-order valence-electron chi connectivity index (χ0n) is 20.7. The van der Waals surface area contributed by atoms with Gasteiger partial charge in [-0.15, -0.1) is 0 Å². The molecular formula is C26H19ClN4O8S. The summed E-state index contributed by atoms with van der Waals surface area (Å²) in [7, 11) is 0. The summed E-state index contributed by atoms with van der Waals surface area (Å²) in [5.41, 5.74) is 0.732. The predicted octanol–water partition coefficient (Wildman–Crippen LogP) is 5.29. The second-order valence-electron chi connectivity index (χ2n) is 8.01. The monoisotopic (exact) mass is 582 g/mol. The lowest BCUT2D eigenvalue weighted by atomic mass is 10.2. The van der Waals surface area contributed by atoms with E-state index in [1.165, 1.54) is 36.4 Å². The number of nitrogens with zero attached hydrogens (tertiary/aromatic N) is 3. The number of hydrogen-bond acceptors (Lipinski definition) is 10. The second kappa shape index (κ2) is 12.4. The summed E-state index contributed by atoms with van der Waals surface area (Å²) in [6.07, 6.45) is 2.58. The van der Waals surface area contributed by atoms with Gasteiger partial charge in [-0.3, -0.25) is 29.4 Å². The molecule has 3 aromatic rings. The summed E-state index contributed by atoms with van der Waals surface area (Å²) in [6, 6.07) is 13.4. The van der Waals surface area contributed by atoms with Gasteiger partial charge in [0, 0.05) is 17.8 Å². The van der Waals surface area contributed by atoms with Crippen molar-refractivity contribution in [1.29, 1.82) is 0 Å². The topological polar surface area (TPSA) is 158 Å². The summed E-state index contributed by atoms with van der Waals surface area (Å²) >= 11 is 6.72. The molecular weight excluding hydrogens is 564 g/mol. The van der Waals surface area contributed by atoms with Crippen LogP contribution < -0.4 is 10.1 Å². The minimum Gasteiger partial charge on any atom is -0.462 e. The number of aromatic nitrogens is 1. The van der Waals surface area contributed by atoms with Crippen LogP contribution in [0.5, 0.6) is 11.6 Å². The highest BCUT2D eigenvalue weighted by Crippen LogP contribution is 2.33. The van der Waals surface area contributed by atoms with E-state index in [1.807, 2.05) is 0 Å². The molecule has 1 saturated heterocycles. The molecule has 40 heavy (non-hydrogen) atoms. The third kappa shape index (κ3) is 6.81. The molecule has 1 aromatic heterocycles. The van der Waals surface area contributed by atoms with Crippen LogP contribution in [0.2, 0.25) is 5.02 Å². The molecule has 4 rings (SSSR count). The average molecular weight is 583 g/mol. The van der Waals surface area contributed by atoms with Crippen LogP contribution in [0.1, 0.15) is 22.8 Å². The molecule has 1 aliphatic heterocycles. The molecule has 2 aromatic carbocycles. The van der Waals surface area contributed by atoms with Crippen molar-refractivity contribution >= 4 is 63.8 Å². The summed E-state index contributed by atoms with van der Waals surface area (Å²) in [5, 5.41) is 12.8. The first kappa shape index (κ1) is 28.3. The number of imide groups is 1. The number of ether oxygens (including phenoxy) is 2. The van der Waals surface area contributed by atoms with E-state index in [-0.39, 0.29) is 39.4 Å². The fourth-order valence-electron chi connectivity index (χ4n) is 3.39. The Kier molecular flexibility index (Phi) is 8.76. The number of nitro groups is 1. The van der Waals surface area contributed by atoms with Crippen LogP contribution >= 0.6 is 23.4 Å². The van der Waals surface area contributed by atoms with E-state index in [1.54, 1.807) is 31.2 Å². The normalized spacial score (nSPS) is 13.8. The molecule has 0 bridgehead atoms. The van der Waals surface area contributed by atoms with E-state index in [0.717, 1.165) is 11.1 Å². The van der Waals surface area contributed by atoms with E-state index in [9.17, 15) is 29.3 Å². The molecule has 0 spiro atoms. The lowest BCUT2D eigenvalue weighted by molar-refractivity contribution is -0.385. The van der Waals surface area contributed by atoms with Gasteiger partial charge in [-0.05, 0) is 60.7 Å². The van der Waals surface area contributed by atoms with Crippen molar-refractivity contribution in [3.8, 4) is 11.6 Å². The van der Waals surface area contributed by atoms with Crippen LogP contribution in [0.15, 0.2) is 65.7 Å². The first-order valence-corrected chi connectivity index (χ1v) is 12.7. The fraction of sp³-hybridized carbons (Fsp3) is 0.115. The van der Waals surface area contributed by atoms with Crippen molar-refractivity contribution in [3.05, 3.63) is 92.0 Å². The number of nitrogens with one attached hydrogen (secondary N) is 1. The molecule has 1 fully saturated rings. The maximum atomic E-state index is 12.8. The molecule has 3 amide bonds. The lowest BCUT2D eigenvalue weighted by Crippen LogP contribution is -2.36. The highest BCUT2D eigenvalue weighted by atomic mass is 35.5. The molecule has 204 valence electrons. The molecule has 14 heteroatoms. The maximum absolute atomic E-state index is 12.8. The van der Waals surface area contributed by atoms with Crippen molar-refractivity contribution in [2.75, 3.05) is 18.5 Å². The number of thioether (sulfide) groups is 1. The minimum atomic E-state index is -0.651. The Balaban J connectivity index is 1.38. The minimum absolute atomic E-state index is 0.0656. The Morgan fingerprint density at radius 2 is 1.90 bits per heavy atom. The first-order valence-electron chi connectivity index (χ1n) is 11.5. The second-order valence-corrected chi connectivity index (χ2v) is 9.41. The molecule has 0 aliphatic carbocycles. The van der Waals surface area contributed by atoms with E-state index in [2.05, 4.69) is 10.3 Å². The molecule has 0 saturated carbocycles. The van der Waals surface area contributed by atoms with Crippen molar-refractivity contribution < 1.29 is 33.6 Å². The maximum Gasteiger partial charge on any atom is 0.339 e. The third-order valence-electron chi connectivity index (χ3n) is 5.25. The zero-order chi connectivity index (χ0) is 28.8. The molecule has 2 heterocycles. The van der Waals surface area contributed by atoms with Gasteiger partial charge in [-0.2, -0.15) is 0 Å². The molecule has 0 radical (unpaired) electrons. The quantitative estimate of drug-likeness (QED) is 0.152. The lowest BCUT2D eigenvalue weighted by Gasteiger charge is -2.13. The molecule has 0 unspecified atom stereocenters. The SMILES string of the molecule is CCOC(=O)c1cc(NC(=O)CN2C(=O)S/C(=C\c3ccc(Oc4ccc([N+](=O)[O-])cn4)cc3)C2=O)ccc1Cl. The van der Waals surface area contributed by atoms with Crippen LogP contribution in [0.3, 0.4) is 0 Å². The number of amides is 3. The van der Waals surface area contributed by atoms with Crippen LogP contribution in [-0.2, 0) is 14.3 Å². The number of rotatable bonds is 9. The van der Waals surface area contributed by atoms with Crippen LogP contribution in [0.4, 0.5) is 16.2 Å². The van der Waals surface area contributed by atoms with Gasteiger partial charge in [-0.25, -0.2) is 9.78 Å². The number of carbonyl (C=O) groups excluding carboxylic acids is 4. The van der Waals surface area contributed by atoms with Crippen LogP contribution in [0, 0.1) is 10.1 Å². The number of carbonyl (C=O) groups is 4. The van der Waals surface area contributed by atoms with Gasteiger partial charge >= 0.3 is 5.97 Å². The number of anilines is 1. The van der Waals surface area contributed by atoms with Gasteiger partial charge in [0.1, 0.15) is 18.5 Å². The summed E-state index contributed by atoms with van der Waals surface area (Å²) < 4.78 is 10.5. The Labute approximate surface area is 236 Å². The van der Waals surface area contributed by atoms with Gasteiger partial charge in [0.05, 0.1) is 27.0 Å². The highest BCUT2D eigenvalue weighted by Gasteiger charge is 2.36. The standard InChI is InChI=1S/C26H19ClN4O8S/c1-2-38-25(34)19-12-16(5-9-20(19)27)29-22(32)14-30-24(33)21(40-26(30)35)11-15-3-7-18(8-4-15)39-23-10-6-17(13-28-23)31(36)37/h3-13H,2,14H2,1H3,(H,29,32)/b21-11-. The van der Waals surface area contributed by atoms with Crippen molar-refractivity contribution in [2.24, 2.45) is 0 Å². The number of benzene rings is 2. The van der Waals surface area contributed by atoms with Crippen LogP contribution in [0.25, 0.3) is 6.08 Å². The Morgan fingerprint density at radius 3 is 2.55 bits per heavy atom. The molecule has 0 atom stereocenters. The first-order chi connectivity index (χ1) is 19.1. The van der Waals surface area contributed by atoms with Gasteiger partial charge in [-0.1, -0.05) is 23.7 Å². The van der Waals surface area contributed by atoms with Crippen molar-refractivity contribution in [3.63, 3.8) is 0 Å². The molecule has 1 aliphatic rings. The number of pyridine rings is 1. The van der Waals surface area contributed by atoms with Gasteiger partial charge in [0.15, 0.2) is 0 Å². The summed E-state index contributed by atoms with van der Waals surface area (Å²) in [4.78, 5) is 64.9. The Hall–Kier alpha value is -4.75. The predicted molar refractivity (Wildman–Crippen MR) is 146 cm³/mol. The van der Waals surface area contributed by atoms with Crippen molar-refractivity contribution in [1.82, 2.24) is 9.88 Å². The average Bonchev–Trinajstić information content (AvgIpc) is 3.18. The van der Waals surface area contributed by atoms with E-state index in [4.69, 9.17) is 21.1 Å². The fourth-order valence-corrected chi connectivity index (χ4v) is 4.43. The Morgan fingerprint density at radius 1 is 1.15 bits per heavy atom. The number of halogens is 1. The largest absolute Gasteiger partial charge is 0.462 e. The van der Waals surface area contributed by atoms with Gasteiger partial charge in [0.2, 0.25) is 11.8 Å². The van der Waals surface area contributed by atoms with E-state index < -0.39 is 34.5 Å². The highest BCUT2D eigenvalue weighted by molar-refractivity contribution is 8.18. The van der Waals surface area contributed by atoms with E-state index >= 15 is 0 Å².